The van der Waals surface area contributed by atoms with Crippen molar-refractivity contribution >= 4 is 34.5 Å². The molecule has 2 heterocycles. The summed E-state index contributed by atoms with van der Waals surface area (Å²) in [5, 5.41) is 6.57. The number of nitrogens with one attached hydrogen (secondary N) is 2. The molecule has 0 saturated carbocycles. The van der Waals surface area contributed by atoms with Crippen LogP contribution in [0.2, 0.25) is 0 Å². The van der Waals surface area contributed by atoms with Gasteiger partial charge in [0.05, 0.1) is 42.7 Å². The lowest BCUT2D eigenvalue weighted by Crippen LogP contribution is -2.38. The highest BCUT2D eigenvalue weighted by atomic mass is 16.5. The predicted octanol–water partition coefficient (Wildman–Crippen LogP) is 6.23. The number of fused-ring (bicyclic) bond motifs is 1. The van der Waals surface area contributed by atoms with Gasteiger partial charge in [0, 0.05) is 23.9 Å². The van der Waals surface area contributed by atoms with Crippen molar-refractivity contribution in [1.82, 2.24) is 4.90 Å². The number of hydrogen-bond donors (Lipinski definition) is 2. The van der Waals surface area contributed by atoms with E-state index in [2.05, 4.69) is 39.8 Å². The Balaban J connectivity index is 1.34. The maximum absolute atomic E-state index is 13.4. The van der Waals surface area contributed by atoms with Crippen LogP contribution in [-0.4, -0.2) is 56.2 Å². The molecular weight excluding hydrogens is 542 g/mol. The molecule has 1 fully saturated rings. The Morgan fingerprint density at radius 2 is 1.58 bits per heavy atom. The molecule has 0 aromatic heterocycles. The maximum atomic E-state index is 13.4. The molecule has 8 nitrogen and oxygen atoms in total. The molecule has 43 heavy (non-hydrogen) atoms. The highest BCUT2D eigenvalue weighted by Crippen LogP contribution is 2.43. The van der Waals surface area contributed by atoms with E-state index in [9.17, 15) is 9.59 Å². The Hall–Kier alpha value is -4.30. The van der Waals surface area contributed by atoms with Crippen LogP contribution in [-0.2, 0) is 20.7 Å². The van der Waals surface area contributed by atoms with E-state index in [0.29, 0.717) is 42.6 Å². The lowest BCUT2D eigenvalue weighted by atomic mass is 9.96. The summed E-state index contributed by atoms with van der Waals surface area (Å²) in [4.78, 5) is 27.9. The third-order valence-corrected chi connectivity index (χ3v) is 7.89. The van der Waals surface area contributed by atoms with Crippen molar-refractivity contribution < 1.29 is 23.8 Å². The molecule has 3 aromatic carbocycles. The molecule has 1 amide bonds. The molecule has 226 valence electrons. The van der Waals surface area contributed by atoms with Gasteiger partial charge < -0.3 is 29.7 Å². The smallest absolute Gasteiger partial charge is 0.309 e. The van der Waals surface area contributed by atoms with Crippen LogP contribution in [0, 0.1) is 5.92 Å². The molecule has 0 bridgehead atoms. The maximum Gasteiger partial charge on any atom is 0.309 e. The van der Waals surface area contributed by atoms with E-state index in [1.165, 1.54) is 5.56 Å². The van der Waals surface area contributed by atoms with E-state index >= 15 is 0 Å². The molecule has 8 heteroatoms. The molecule has 2 aliphatic heterocycles. The van der Waals surface area contributed by atoms with E-state index in [1.807, 2.05) is 63.2 Å². The standard InChI is InChI=1S/C35H41N3O5/c1-4-41-30-22-28-29(23-31(30)42-5-2)37-34(39)32(28)33(25-10-8-7-9-11-25)36-27-14-12-24(13-15-27)16-19-38-20-17-26(18-21-38)35(40)43-6-3/h7-15,22-23,26,36H,4-6,16-21H2,1-3H3,(H,37,39)/b33-32-. The quantitative estimate of drug-likeness (QED) is 0.193. The number of hydrogen-bond acceptors (Lipinski definition) is 7. The number of carbonyl (C=O) groups is 2. The Morgan fingerprint density at radius 1 is 0.907 bits per heavy atom. The third kappa shape index (κ3) is 7.20. The van der Waals surface area contributed by atoms with E-state index in [-0.39, 0.29) is 17.8 Å². The second-order valence-corrected chi connectivity index (χ2v) is 10.7. The Labute approximate surface area is 254 Å². The fraction of sp³-hybridized carbons (Fsp3) is 0.371. The van der Waals surface area contributed by atoms with Crippen LogP contribution in [0.5, 0.6) is 11.5 Å². The minimum atomic E-state index is -0.180. The Morgan fingerprint density at radius 3 is 2.23 bits per heavy atom. The summed E-state index contributed by atoms with van der Waals surface area (Å²) in [6.45, 7) is 9.91. The van der Waals surface area contributed by atoms with E-state index in [4.69, 9.17) is 14.2 Å². The molecule has 2 aliphatic rings. The van der Waals surface area contributed by atoms with Gasteiger partial charge in [-0.25, -0.2) is 0 Å². The monoisotopic (exact) mass is 583 g/mol. The van der Waals surface area contributed by atoms with Gasteiger partial charge in [0.1, 0.15) is 0 Å². The first-order valence-electron chi connectivity index (χ1n) is 15.3. The SMILES string of the molecule is CCOC(=O)C1CCN(CCc2ccc(N/C(=C3\C(=O)Nc4cc(OCC)c(OCC)cc43)c3ccccc3)cc2)CC1. The summed E-state index contributed by atoms with van der Waals surface area (Å²) in [5.74, 6) is 1.01. The van der Waals surface area contributed by atoms with Crippen LogP contribution in [0.25, 0.3) is 11.3 Å². The minimum absolute atomic E-state index is 0.0286. The van der Waals surface area contributed by atoms with Crippen molar-refractivity contribution in [2.45, 2.75) is 40.0 Å². The average molecular weight is 584 g/mol. The van der Waals surface area contributed by atoms with Crippen LogP contribution in [0.1, 0.15) is 50.3 Å². The van der Waals surface area contributed by atoms with Gasteiger partial charge in [-0.3, -0.25) is 9.59 Å². The number of nitrogens with zero attached hydrogens (tertiary/aromatic N) is 1. The van der Waals surface area contributed by atoms with Gasteiger partial charge in [-0.05, 0) is 82.4 Å². The number of benzene rings is 3. The second kappa shape index (κ2) is 14.2. The number of esters is 1. The zero-order chi connectivity index (χ0) is 30.2. The summed E-state index contributed by atoms with van der Waals surface area (Å²) in [6.07, 6.45) is 2.64. The zero-order valence-electron chi connectivity index (χ0n) is 25.3. The lowest BCUT2D eigenvalue weighted by molar-refractivity contribution is -0.149. The number of likely N-dealkylation sites (tertiary alicyclic amines) is 1. The highest BCUT2D eigenvalue weighted by molar-refractivity contribution is 6.37. The fourth-order valence-corrected chi connectivity index (χ4v) is 5.68. The summed E-state index contributed by atoms with van der Waals surface area (Å²) in [7, 11) is 0. The molecule has 5 rings (SSSR count). The number of rotatable bonds is 12. The van der Waals surface area contributed by atoms with Gasteiger partial charge in [-0.1, -0.05) is 42.5 Å². The van der Waals surface area contributed by atoms with Crippen molar-refractivity contribution in [3.8, 4) is 11.5 Å². The zero-order valence-corrected chi connectivity index (χ0v) is 25.3. The lowest BCUT2D eigenvalue weighted by Gasteiger charge is -2.30. The second-order valence-electron chi connectivity index (χ2n) is 10.7. The average Bonchev–Trinajstić information content (AvgIpc) is 3.34. The third-order valence-electron chi connectivity index (χ3n) is 7.89. The van der Waals surface area contributed by atoms with Gasteiger partial charge in [0.25, 0.3) is 5.91 Å². The van der Waals surface area contributed by atoms with Crippen molar-refractivity contribution in [1.29, 1.82) is 0 Å². The molecule has 0 radical (unpaired) electrons. The van der Waals surface area contributed by atoms with E-state index in [0.717, 1.165) is 61.4 Å². The first-order chi connectivity index (χ1) is 21.0. The summed E-state index contributed by atoms with van der Waals surface area (Å²) < 4.78 is 16.9. The van der Waals surface area contributed by atoms with Crippen LogP contribution >= 0.6 is 0 Å². The van der Waals surface area contributed by atoms with Crippen molar-refractivity contribution in [2.24, 2.45) is 5.92 Å². The molecule has 0 unspecified atom stereocenters. The number of amides is 1. The number of piperidine rings is 1. The number of carbonyl (C=O) groups excluding carboxylic acids is 2. The van der Waals surface area contributed by atoms with Crippen LogP contribution in [0.3, 0.4) is 0 Å². The normalized spacial score (nSPS) is 16.3. The fourth-order valence-electron chi connectivity index (χ4n) is 5.68. The predicted molar refractivity (Wildman–Crippen MR) is 170 cm³/mol. The van der Waals surface area contributed by atoms with Gasteiger partial charge in [0.15, 0.2) is 11.5 Å². The minimum Gasteiger partial charge on any atom is -0.490 e. The van der Waals surface area contributed by atoms with Crippen molar-refractivity contribution in [2.75, 3.05) is 50.1 Å². The summed E-state index contributed by atoms with van der Waals surface area (Å²) >= 11 is 0. The summed E-state index contributed by atoms with van der Waals surface area (Å²) in [5.41, 5.74) is 5.78. The first-order valence-corrected chi connectivity index (χ1v) is 15.3. The van der Waals surface area contributed by atoms with Gasteiger partial charge >= 0.3 is 5.97 Å². The molecule has 3 aromatic rings. The van der Waals surface area contributed by atoms with Gasteiger partial charge in [-0.15, -0.1) is 0 Å². The van der Waals surface area contributed by atoms with Crippen molar-refractivity contribution in [3.05, 3.63) is 83.4 Å². The Kier molecular flexibility index (Phi) is 10.00. The van der Waals surface area contributed by atoms with Gasteiger partial charge in [-0.2, -0.15) is 0 Å². The van der Waals surface area contributed by atoms with Crippen LogP contribution in [0.15, 0.2) is 66.7 Å². The number of anilines is 2. The largest absolute Gasteiger partial charge is 0.490 e. The Bertz CT molecular complexity index is 1440. The van der Waals surface area contributed by atoms with Crippen LogP contribution in [0.4, 0.5) is 11.4 Å². The molecule has 0 aliphatic carbocycles. The van der Waals surface area contributed by atoms with Gasteiger partial charge in [0.2, 0.25) is 0 Å². The van der Waals surface area contributed by atoms with E-state index < -0.39 is 0 Å². The topological polar surface area (TPSA) is 89.1 Å². The molecular formula is C35H41N3O5. The summed E-state index contributed by atoms with van der Waals surface area (Å²) in [6, 6.07) is 22.0. The molecule has 2 N–H and O–H groups in total. The van der Waals surface area contributed by atoms with E-state index in [1.54, 1.807) is 0 Å². The molecule has 0 atom stereocenters. The van der Waals surface area contributed by atoms with Crippen molar-refractivity contribution in [3.63, 3.8) is 0 Å². The van der Waals surface area contributed by atoms with Crippen LogP contribution < -0.4 is 20.1 Å². The highest BCUT2D eigenvalue weighted by Gasteiger charge is 2.31. The number of ether oxygens (including phenoxy) is 3. The molecule has 1 saturated heterocycles. The first kappa shape index (κ1) is 30.2. The molecule has 0 spiro atoms.